The van der Waals surface area contributed by atoms with E-state index in [1.54, 1.807) is 0 Å². The molecule has 0 aliphatic carbocycles. The Bertz CT molecular complexity index is 323. The minimum atomic E-state index is 0.441. The van der Waals surface area contributed by atoms with Crippen molar-refractivity contribution in [2.24, 2.45) is 0 Å². The van der Waals surface area contributed by atoms with Crippen molar-refractivity contribution in [3.8, 4) is 0 Å². The minimum absolute atomic E-state index is 0.441. The first-order chi connectivity index (χ1) is 7.63. The molecule has 0 unspecified atom stereocenters. The molecule has 1 aromatic heterocycles. The maximum Gasteiger partial charge on any atom is 0.223 e. The molecular weight excluding hydrogens is 200 g/mol. The van der Waals surface area contributed by atoms with Gasteiger partial charge < -0.3 is 10.6 Å². The molecule has 0 fully saturated rings. The Morgan fingerprint density at radius 3 is 2.62 bits per heavy atom. The van der Waals surface area contributed by atoms with Crippen LogP contribution in [0.1, 0.15) is 38.1 Å². The van der Waals surface area contributed by atoms with Gasteiger partial charge in [0.2, 0.25) is 5.95 Å². The van der Waals surface area contributed by atoms with Crippen molar-refractivity contribution >= 4 is 5.95 Å². The number of anilines is 1. The molecule has 0 saturated heterocycles. The van der Waals surface area contributed by atoms with Crippen LogP contribution in [0.15, 0.2) is 6.07 Å². The Hall–Kier alpha value is -1.16. The molecule has 0 aliphatic rings. The van der Waals surface area contributed by atoms with Crippen LogP contribution in [0.5, 0.6) is 0 Å². The Kier molecular flexibility index (Phi) is 5.19. The second-order valence-electron chi connectivity index (χ2n) is 4.19. The van der Waals surface area contributed by atoms with Gasteiger partial charge in [-0.3, -0.25) is 0 Å². The first-order valence-electron chi connectivity index (χ1n) is 5.93. The first kappa shape index (κ1) is 12.9. The fourth-order valence-corrected chi connectivity index (χ4v) is 1.41. The smallest absolute Gasteiger partial charge is 0.223 e. The maximum absolute atomic E-state index is 4.48. The van der Waals surface area contributed by atoms with Crippen molar-refractivity contribution in [1.29, 1.82) is 0 Å². The molecule has 0 aliphatic heterocycles. The molecule has 90 valence electrons. The molecule has 0 radical (unpaired) electrons. The predicted molar refractivity (Wildman–Crippen MR) is 67.9 cm³/mol. The topological polar surface area (TPSA) is 49.8 Å². The van der Waals surface area contributed by atoms with Gasteiger partial charge in [-0.25, -0.2) is 9.97 Å². The molecule has 0 saturated carbocycles. The van der Waals surface area contributed by atoms with Gasteiger partial charge in [0, 0.05) is 24.5 Å². The Morgan fingerprint density at radius 2 is 2.00 bits per heavy atom. The Labute approximate surface area is 97.9 Å². The lowest BCUT2D eigenvalue weighted by atomic mass is 10.1. The molecule has 1 rings (SSSR count). The number of nitrogens with zero attached hydrogens (tertiary/aromatic N) is 2. The van der Waals surface area contributed by atoms with Crippen molar-refractivity contribution < 1.29 is 0 Å². The van der Waals surface area contributed by atoms with Crippen LogP contribution in [0.3, 0.4) is 0 Å². The Morgan fingerprint density at radius 1 is 1.25 bits per heavy atom. The van der Waals surface area contributed by atoms with Crippen LogP contribution < -0.4 is 10.6 Å². The summed E-state index contributed by atoms with van der Waals surface area (Å²) in [6.07, 6.45) is 0. The molecule has 0 aromatic carbocycles. The van der Waals surface area contributed by atoms with Gasteiger partial charge in [-0.05, 0) is 25.5 Å². The third kappa shape index (κ3) is 4.14. The van der Waals surface area contributed by atoms with Gasteiger partial charge >= 0.3 is 0 Å². The molecule has 4 heteroatoms. The SMILES string of the molecule is CCNCCNc1nc(C)cc(C(C)C)n1. The molecule has 0 spiro atoms. The summed E-state index contributed by atoms with van der Waals surface area (Å²) in [7, 11) is 0. The van der Waals surface area contributed by atoms with E-state index in [1.807, 2.05) is 13.0 Å². The summed E-state index contributed by atoms with van der Waals surface area (Å²) in [5.41, 5.74) is 2.11. The number of aromatic nitrogens is 2. The van der Waals surface area contributed by atoms with Gasteiger partial charge in [0.1, 0.15) is 0 Å². The van der Waals surface area contributed by atoms with Gasteiger partial charge in [0.15, 0.2) is 0 Å². The number of hydrogen-bond acceptors (Lipinski definition) is 4. The molecule has 16 heavy (non-hydrogen) atoms. The molecular formula is C12H22N4. The summed E-state index contributed by atoms with van der Waals surface area (Å²) in [4.78, 5) is 8.84. The molecule has 1 heterocycles. The van der Waals surface area contributed by atoms with E-state index in [-0.39, 0.29) is 0 Å². The first-order valence-corrected chi connectivity index (χ1v) is 5.93. The van der Waals surface area contributed by atoms with E-state index in [0.717, 1.165) is 37.0 Å². The second kappa shape index (κ2) is 6.43. The zero-order valence-electron chi connectivity index (χ0n) is 10.7. The van der Waals surface area contributed by atoms with Crippen molar-refractivity contribution in [3.05, 3.63) is 17.5 Å². The minimum Gasteiger partial charge on any atom is -0.353 e. The van der Waals surface area contributed by atoms with Crippen LogP contribution in [0.4, 0.5) is 5.95 Å². The van der Waals surface area contributed by atoms with Gasteiger partial charge in [-0.15, -0.1) is 0 Å². The maximum atomic E-state index is 4.48. The lowest BCUT2D eigenvalue weighted by molar-refractivity contribution is 0.733. The molecule has 2 N–H and O–H groups in total. The average Bonchev–Trinajstić information content (AvgIpc) is 2.23. The third-order valence-electron chi connectivity index (χ3n) is 2.30. The highest BCUT2D eigenvalue weighted by atomic mass is 15.1. The molecule has 0 amide bonds. The van der Waals surface area contributed by atoms with Crippen molar-refractivity contribution in [3.63, 3.8) is 0 Å². The molecule has 0 bridgehead atoms. The normalized spacial score (nSPS) is 10.8. The van der Waals surface area contributed by atoms with E-state index in [2.05, 4.69) is 41.4 Å². The van der Waals surface area contributed by atoms with E-state index in [9.17, 15) is 0 Å². The van der Waals surface area contributed by atoms with Crippen LogP contribution >= 0.6 is 0 Å². The quantitative estimate of drug-likeness (QED) is 0.722. The van der Waals surface area contributed by atoms with Crippen LogP contribution in [0.2, 0.25) is 0 Å². The predicted octanol–water partition coefficient (Wildman–Crippen LogP) is 1.93. The zero-order chi connectivity index (χ0) is 12.0. The second-order valence-corrected chi connectivity index (χ2v) is 4.19. The number of rotatable bonds is 6. The van der Waals surface area contributed by atoms with Crippen molar-refractivity contribution in [2.45, 2.75) is 33.6 Å². The van der Waals surface area contributed by atoms with Crippen LogP contribution in [-0.4, -0.2) is 29.6 Å². The lowest BCUT2D eigenvalue weighted by Crippen LogP contribution is -2.22. The summed E-state index contributed by atoms with van der Waals surface area (Å²) < 4.78 is 0. The van der Waals surface area contributed by atoms with Gasteiger partial charge in [-0.1, -0.05) is 20.8 Å². The largest absolute Gasteiger partial charge is 0.353 e. The highest BCUT2D eigenvalue weighted by Gasteiger charge is 2.04. The van der Waals surface area contributed by atoms with Crippen LogP contribution in [0.25, 0.3) is 0 Å². The zero-order valence-corrected chi connectivity index (χ0v) is 10.7. The summed E-state index contributed by atoms with van der Waals surface area (Å²) in [6, 6.07) is 2.04. The Balaban J connectivity index is 2.58. The summed E-state index contributed by atoms with van der Waals surface area (Å²) in [6.45, 7) is 11.2. The van der Waals surface area contributed by atoms with E-state index in [1.165, 1.54) is 0 Å². The fourth-order valence-electron chi connectivity index (χ4n) is 1.41. The highest BCUT2D eigenvalue weighted by molar-refractivity contribution is 5.29. The van der Waals surface area contributed by atoms with Crippen LogP contribution in [0, 0.1) is 6.92 Å². The van der Waals surface area contributed by atoms with Gasteiger partial charge in [0.25, 0.3) is 0 Å². The van der Waals surface area contributed by atoms with E-state index < -0.39 is 0 Å². The molecule has 1 aromatic rings. The molecule has 0 atom stereocenters. The third-order valence-corrected chi connectivity index (χ3v) is 2.30. The van der Waals surface area contributed by atoms with E-state index in [0.29, 0.717) is 5.92 Å². The average molecular weight is 222 g/mol. The number of aryl methyl sites for hydroxylation is 1. The number of likely N-dealkylation sites (N-methyl/N-ethyl adjacent to an activating group) is 1. The lowest BCUT2D eigenvalue weighted by Gasteiger charge is -2.10. The summed E-state index contributed by atoms with van der Waals surface area (Å²) in [5.74, 6) is 1.18. The summed E-state index contributed by atoms with van der Waals surface area (Å²) >= 11 is 0. The van der Waals surface area contributed by atoms with Crippen molar-refractivity contribution in [1.82, 2.24) is 15.3 Å². The van der Waals surface area contributed by atoms with Gasteiger partial charge in [0.05, 0.1) is 0 Å². The monoisotopic (exact) mass is 222 g/mol. The number of nitrogens with one attached hydrogen (secondary N) is 2. The fraction of sp³-hybridized carbons (Fsp3) is 0.667. The van der Waals surface area contributed by atoms with E-state index >= 15 is 0 Å². The van der Waals surface area contributed by atoms with Crippen molar-refractivity contribution in [2.75, 3.05) is 25.0 Å². The molecule has 4 nitrogen and oxygen atoms in total. The standard InChI is InChI=1S/C12H22N4/c1-5-13-6-7-14-12-15-10(4)8-11(16-12)9(2)3/h8-9,13H,5-7H2,1-4H3,(H,14,15,16). The number of hydrogen-bond donors (Lipinski definition) is 2. The van der Waals surface area contributed by atoms with Gasteiger partial charge in [-0.2, -0.15) is 0 Å². The van der Waals surface area contributed by atoms with E-state index in [4.69, 9.17) is 0 Å². The van der Waals surface area contributed by atoms with Crippen LogP contribution in [-0.2, 0) is 0 Å². The highest BCUT2D eigenvalue weighted by Crippen LogP contribution is 2.13. The summed E-state index contributed by atoms with van der Waals surface area (Å²) in [5, 5.41) is 6.48.